The van der Waals surface area contributed by atoms with Crippen LogP contribution >= 0.6 is 12.6 Å². The second-order valence-electron chi connectivity index (χ2n) is 3.97. The average Bonchev–Trinajstić information content (AvgIpc) is 2.37. The van der Waals surface area contributed by atoms with Gasteiger partial charge in [0.1, 0.15) is 0 Å². The number of hydrogen-bond acceptors (Lipinski definition) is 3. The average molecular weight is 410 g/mol. The van der Waals surface area contributed by atoms with Crippen LogP contribution in [0.15, 0.2) is 35.2 Å². The standard InChI is InChI=1S/C6H6S.C4HF9O3S/c7-6-4-2-1-3-5-6;5-1(6,3(9,10)11)2(7,8)4(12,13)17(14,15)16/h1-5,7H;(H,14,15,16). The van der Waals surface area contributed by atoms with Crippen LogP contribution in [0.2, 0.25) is 0 Å². The molecule has 1 aromatic carbocycles. The highest BCUT2D eigenvalue weighted by Crippen LogP contribution is 2.54. The molecule has 140 valence electrons. The van der Waals surface area contributed by atoms with E-state index in [1.54, 1.807) is 0 Å². The fraction of sp³-hybridized carbons (Fsp3) is 0.400. The van der Waals surface area contributed by atoms with Crippen molar-refractivity contribution in [1.29, 1.82) is 0 Å². The maximum absolute atomic E-state index is 12.2. The third-order valence-electron chi connectivity index (χ3n) is 2.20. The Bertz CT molecular complexity index is 641. The number of benzene rings is 1. The van der Waals surface area contributed by atoms with E-state index in [4.69, 9.17) is 4.55 Å². The van der Waals surface area contributed by atoms with Crippen LogP contribution in [0.1, 0.15) is 0 Å². The molecule has 0 aliphatic carbocycles. The third kappa shape index (κ3) is 4.47. The van der Waals surface area contributed by atoms with Crippen LogP contribution in [0.25, 0.3) is 0 Å². The highest BCUT2D eigenvalue weighted by atomic mass is 32.2. The Balaban J connectivity index is 0.000000620. The first-order chi connectivity index (χ1) is 10.4. The molecular formula is C10H7F9O3S2. The second-order valence-corrected chi connectivity index (χ2v) is 5.95. The van der Waals surface area contributed by atoms with Crippen molar-refractivity contribution in [3.63, 3.8) is 0 Å². The molecule has 3 nitrogen and oxygen atoms in total. The fourth-order valence-electron chi connectivity index (χ4n) is 0.951. The Labute approximate surface area is 134 Å². The summed E-state index contributed by atoms with van der Waals surface area (Å²) in [5.41, 5.74) is 0. The molecule has 24 heavy (non-hydrogen) atoms. The zero-order valence-electron chi connectivity index (χ0n) is 10.9. The minimum atomic E-state index is -7.37. The zero-order valence-corrected chi connectivity index (χ0v) is 12.6. The molecule has 1 rings (SSSR count). The Morgan fingerprint density at radius 1 is 0.792 bits per heavy atom. The molecule has 0 amide bonds. The van der Waals surface area contributed by atoms with E-state index in [1.807, 2.05) is 30.3 Å². The van der Waals surface area contributed by atoms with Gasteiger partial charge in [-0.05, 0) is 12.1 Å². The molecule has 0 aromatic heterocycles. The molecule has 0 atom stereocenters. The number of rotatable bonds is 3. The van der Waals surface area contributed by atoms with E-state index >= 15 is 0 Å². The summed E-state index contributed by atoms with van der Waals surface area (Å²) < 4.78 is 134. The molecule has 1 N–H and O–H groups in total. The highest BCUT2D eigenvalue weighted by molar-refractivity contribution is 7.87. The van der Waals surface area contributed by atoms with E-state index in [0.717, 1.165) is 4.90 Å². The van der Waals surface area contributed by atoms with Gasteiger partial charge in [-0.25, -0.2) is 0 Å². The third-order valence-corrected chi connectivity index (χ3v) is 3.40. The summed E-state index contributed by atoms with van der Waals surface area (Å²) in [4.78, 5) is 1.02. The van der Waals surface area contributed by atoms with Gasteiger partial charge in [0.15, 0.2) is 0 Å². The number of alkyl halides is 9. The Morgan fingerprint density at radius 2 is 1.17 bits per heavy atom. The van der Waals surface area contributed by atoms with Gasteiger partial charge in [0.25, 0.3) is 0 Å². The van der Waals surface area contributed by atoms with E-state index in [1.165, 1.54) is 0 Å². The van der Waals surface area contributed by atoms with Crippen LogP contribution in [0.3, 0.4) is 0 Å². The van der Waals surface area contributed by atoms with Gasteiger partial charge in [0.2, 0.25) is 0 Å². The van der Waals surface area contributed by atoms with Crippen LogP contribution in [0, 0.1) is 0 Å². The minimum Gasteiger partial charge on any atom is -0.281 e. The molecule has 0 bridgehead atoms. The van der Waals surface area contributed by atoms with E-state index in [2.05, 4.69) is 12.6 Å². The van der Waals surface area contributed by atoms with Crippen molar-refractivity contribution < 1.29 is 52.5 Å². The van der Waals surface area contributed by atoms with Gasteiger partial charge < -0.3 is 0 Å². The molecule has 0 saturated heterocycles. The number of halogens is 9. The van der Waals surface area contributed by atoms with E-state index in [-0.39, 0.29) is 0 Å². The Morgan fingerprint density at radius 3 is 1.38 bits per heavy atom. The SMILES string of the molecule is O=S(=O)(O)C(F)(F)C(F)(F)C(F)(F)C(F)(F)F.Sc1ccccc1. The summed E-state index contributed by atoms with van der Waals surface area (Å²) in [6, 6.07) is 9.79. The van der Waals surface area contributed by atoms with Gasteiger partial charge in [0, 0.05) is 4.90 Å². The molecule has 0 aliphatic rings. The van der Waals surface area contributed by atoms with E-state index in [0.29, 0.717) is 0 Å². The molecule has 0 saturated carbocycles. The monoisotopic (exact) mass is 410 g/mol. The first-order valence-corrected chi connectivity index (χ1v) is 7.19. The fourth-order valence-corrected chi connectivity index (χ4v) is 1.58. The molecular weight excluding hydrogens is 403 g/mol. The van der Waals surface area contributed by atoms with Crippen LogP contribution in [-0.2, 0) is 10.1 Å². The predicted molar refractivity (Wildman–Crippen MR) is 66.1 cm³/mol. The van der Waals surface area contributed by atoms with Gasteiger partial charge in [-0.2, -0.15) is 47.9 Å². The lowest BCUT2D eigenvalue weighted by Gasteiger charge is -2.31. The van der Waals surface area contributed by atoms with Crippen LogP contribution in [0.5, 0.6) is 0 Å². The first-order valence-electron chi connectivity index (χ1n) is 5.31. The topological polar surface area (TPSA) is 54.4 Å². The van der Waals surface area contributed by atoms with Crippen LogP contribution < -0.4 is 0 Å². The first kappa shape index (κ1) is 22.9. The quantitative estimate of drug-likeness (QED) is 0.445. The highest BCUT2D eigenvalue weighted by Gasteiger charge is 2.85. The van der Waals surface area contributed by atoms with Gasteiger partial charge in [-0.1, -0.05) is 18.2 Å². The summed E-state index contributed by atoms with van der Waals surface area (Å²) in [5, 5.41) is -7.00. The maximum atomic E-state index is 12.2. The molecule has 0 spiro atoms. The van der Waals surface area contributed by atoms with Crippen molar-refractivity contribution in [1.82, 2.24) is 0 Å². The zero-order chi connectivity index (χ0) is 19.6. The lowest BCUT2D eigenvalue weighted by Crippen LogP contribution is -2.63. The van der Waals surface area contributed by atoms with E-state index in [9.17, 15) is 47.9 Å². The molecule has 0 aliphatic heterocycles. The summed E-state index contributed by atoms with van der Waals surface area (Å²) in [6.07, 6.45) is -7.13. The van der Waals surface area contributed by atoms with E-state index < -0.39 is 33.4 Å². The summed E-state index contributed by atoms with van der Waals surface area (Å²) >= 11 is 4.08. The summed E-state index contributed by atoms with van der Waals surface area (Å²) in [7, 11) is -7.17. The molecule has 0 unspecified atom stereocenters. The van der Waals surface area contributed by atoms with Crippen LogP contribution in [0.4, 0.5) is 39.5 Å². The summed E-state index contributed by atoms with van der Waals surface area (Å²) in [6.45, 7) is 0. The number of hydrogen-bond donors (Lipinski definition) is 2. The lowest BCUT2D eigenvalue weighted by molar-refractivity contribution is -0.382. The van der Waals surface area contributed by atoms with Crippen molar-refractivity contribution >= 4 is 22.7 Å². The second kappa shape index (κ2) is 7.00. The number of thiol groups is 1. The Kier molecular flexibility index (Phi) is 6.66. The molecule has 0 heterocycles. The van der Waals surface area contributed by atoms with Crippen molar-refractivity contribution in [3.05, 3.63) is 30.3 Å². The van der Waals surface area contributed by atoms with Crippen molar-refractivity contribution in [2.75, 3.05) is 0 Å². The van der Waals surface area contributed by atoms with Crippen molar-refractivity contribution in [3.8, 4) is 0 Å². The minimum absolute atomic E-state index is 1.02. The lowest BCUT2D eigenvalue weighted by atomic mass is 10.1. The smallest absolute Gasteiger partial charge is 0.281 e. The molecule has 0 fully saturated rings. The molecule has 14 heteroatoms. The van der Waals surface area contributed by atoms with Gasteiger partial charge >= 0.3 is 33.4 Å². The normalized spacial score (nSPS) is 14.0. The van der Waals surface area contributed by atoms with Gasteiger partial charge in [0.05, 0.1) is 0 Å². The summed E-state index contributed by atoms with van der Waals surface area (Å²) in [5.74, 6) is -14.7. The van der Waals surface area contributed by atoms with Crippen molar-refractivity contribution in [2.24, 2.45) is 0 Å². The van der Waals surface area contributed by atoms with Gasteiger partial charge in [-0.3, -0.25) is 4.55 Å². The molecule has 0 radical (unpaired) electrons. The maximum Gasteiger partial charge on any atom is 0.460 e. The van der Waals surface area contributed by atoms with Gasteiger partial charge in [-0.15, -0.1) is 12.6 Å². The predicted octanol–water partition coefficient (Wildman–Crippen LogP) is 4.28. The Hall–Kier alpha value is -1.15. The van der Waals surface area contributed by atoms with Crippen molar-refractivity contribution in [2.45, 2.75) is 28.2 Å². The molecule has 1 aromatic rings. The largest absolute Gasteiger partial charge is 0.460 e. The van der Waals surface area contributed by atoms with Crippen LogP contribution in [-0.4, -0.2) is 36.2 Å².